The number of nitrogens with zero attached hydrogens (tertiary/aromatic N) is 2. The second-order valence-electron chi connectivity index (χ2n) is 6.56. The molecule has 1 amide bonds. The molecule has 0 spiro atoms. The summed E-state index contributed by atoms with van der Waals surface area (Å²) in [6, 6.07) is 14.6. The monoisotopic (exact) mass is 390 g/mol. The zero-order valence-electron chi connectivity index (χ0n) is 15.2. The topological polar surface area (TPSA) is 57.7 Å². The fraction of sp³-hybridized carbons (Fsp3) is 0.350. The van der Waals surface area contributed by atoms with E-state index in [-0.39, 0.29) is 29.8 Å². The van der Waals surface area contributed by atoms with Crippen LogP contribution in [0.2, 0.25) is 0 Å². The van der Waals surface area contributed by atoms with Gasteiger partial charge < -0.3 is 4.90 Å². The summed E-state index contributed by atoms with van der Waals surface area (Å²) in [5, 5.41) is 0. The summed E-state index contributed by atoms with van der Waals surface area (Å²) in [5.74, 6) is -0.789. The van der Waals surface area contributed by atoms with Gasteiger partial charge in [-0.1, -0.05) is 43.3 Å². The normalized spacial score (nSPS) is 16.9. The molecule has 5 nitrogen and oxygen atoms in total. The third-order valence-electron chi connectivity index (χ3n) is 4.89. The third kappa shape index (κ3) is 4.20. The second kappa shape index (κ2) is 8.19. The first-order valence-electron chi connectivity index (χ1n) is 9.03. The Labute approximate surface area is 159 Å². The lowest BCUT2D eigenvalue weighted by molar-refractivity contribution is -0.134. The molecular formula is C20H23FN2O3S. The van der Waals surface area contributed by atoms with E-state index in [2.05, 4.69) is 0 Å². The molecule has 1 fully saturated rings. The molecular weight excluding hydrogens is 367 g/mol. The first-order chi connectivity index (χ1) is 12.9. The largest absolute Gasteiger partial charge is 0.340 e. The molecule has 3 rings (SSSR count). The molecule has 0 N–H and O–H groups in total. The van der Waals surface area contributed by atoms with Gasteiger partial charge in [-0.15, -0.1) is 0 Å². The fourth-order valence-corrected chi connectivity index (χ4v) is 4.84. The van der Waals surface area contributed by atoms with Crippen molar-refractivity contribution >= 4 is 15.9 Å². The van der Waals surface area contributed by atoms with Crippen LogP contribution in [0.4, 0.5) is 4.39 Å². The van der Waals surface area contributed by atoms with Gasteiger partial charge in [-0.05, 0) is 30.2 Å². The zero-order valence-corrected chi connectivity index (χ0v) is 16.0. The SMILES string of the molecule is CC[C@H](C(=O)N1CCN(S(=O)(=O)c2cccc(F)c2)CC1)c1ccccc1. The number of hydrogen-bond donors (Lipinski definition) is 0. The Kier molecular flexibility index (Phi) is 5.92. The quantitative estimate of drug-likeness (QED) is 0.789. The fourth-order valence-electron chi connectivity index (χ4n) is 3.38. The van der Waals surface area contributed by atoms with Gasteiger partial charge in [0.1, 0.15) is 5.82 Å². The van der Waals surface area contributed by atoms with Crippen LogP contribution in [-0.2, 0) is 14.8 Å². The van der Waals surface area contributed by atoms with Crippen molar-refractivity contribution in [3.8, 4) is 0 Å². The van der Waals surface area contributed by atoms with Crippen molar-refractivity contribution in [2.45, 2.75) is 24.2 Å². The highest BCUT2D eigenvalue weighted by molar-refractivity contribution is 7.89. The number of rotatable bonds is 5. The average molecular weight is 390 g/mol. The molecule has 1 aliphatic heterocycles. The molecule has 144 valence electrons. The van der Waals surface area contributed by atoms with E-state index in [1.807, 2.05) is 37.3 Å². The van der Waals surface area contributed by atoms with Gasteiger partial charge in [-0.2, -0.15) is 4.31 Å². The maximum atomic E-state index is 13.4. The van der Waals surface area contributed by atoms with Crippen molar-refractivity contribution in [3.63, 3.8) is 0 Å². The standard InChI is InChI=1S/C20H23FN2O3S/c1-2-19(16-7-4-3-5-8-16)20(24)22-11-13-23(14-12-22)27(25,26)18-10-6-9-17(21)15-18/h3-10,15,19H,2,11-14H2,1H3/t19-/m0/s1. The van der Waals surface area contributed by atoms with Crippen LogP contribution in [0, 0.1) is 5.82 Å². The van der Waals surface area contributed by atoms with Gasteiger partial charge in [-0.25, -0.2) is 12.8 Å². The Morgan fingerprint density at radius 1 is 1.04 bits per heavy atom. The minimum absolute atomic E-state index is 0.0199. The lowest BCUT2D eigenvalue weighted by Crippen LogP contribution is -2.51. The van der Waals surface area contributed by atoms with Crippen molar-refractivity contribution in [3.05, 3.63) is 66.0 Å². The van der Waals surface area contributed by atoms with Crippen LogP contribution in [-0.4, -0.2) is 49.7 Å². The molecule has 1 atom stereocenters. The molecule has 1 aliphatic rings. The number of piperazine rings is 1. The Morgan fingerprint density at radius 2 is 1.70 bits per heavy atom. The molecule has 0 unspecified atom stereocenters. The highest BCUT2D eigenvalue weighted by Gasteiger charge is 2.32. The van der Waals surface area contributed by atoms with Crippen LogP contribution >= 0.6 is 0 Å². The average Bonchev–Trinajstić information content (AvgIpc) is 2.69. The number of halogens is 1. The molecule has 0 saturated carbocycles. The summed E-state index contributed by atoms with van der Waals surface area (Å²) in [6.45, 7) is 3.04. The molecule has 7 heteroatoms. The Bertz CT molecular complexity index is 894. The van der Waals surface area contributed by atoms with E-state index in [1.54, 1.807) is 4.90 Å². The number of sulfonamides is 1. The maximum Gasteiger partial charge on any atom is 0.243 e. The minimum atomic E-state index is -3.76. The first kappa shape index (κ1) is 19.5. The number of carbonyl (C=O) groups is 1. The summed E-state index contributed by atoms with van der Waals surface area (Å²) in [5.41, 5.74) is 0.972. The first-order valence-corrected chi connectivity index (χ1v) is 10.5. The van der Waals surface area contributed by atoms with Gasteiger partial charge in [0.25, 0.3) is 0 Å². The van der Waals surface area contributed by atoms with E-state index < -0.39 is 15.8 Å². The van der Waals surface area contributed by atoms with E-state index in [4.69, 9.17) is 0 Å². The predicted molar refractivity (Wildman–Crippen MR) is 101 cm³/mol. The van der Waals surface area contributed by atoms with Crippen LogP contribution in [0.3, 0.4) is 0 Å². The number of carbonyl (C=O) groups excluding carboxylic acids is 1. The summed E-state index contributed by atoms with van der Waals surface area (Å²) < 4.78 is 40.1. The van der Waals surface area contributed by atoms with Gasteiger partial charge >= 0.3 is 0 Å². The highest BCUT2D eigenvalue weighted by atomic mass is 32.2. The lowest BCUT2D eigenvalue weighted by Gasteiger charge is -2.35. The van der Waals surface area contributed by atoms with Crippen LogP contribution in [0.1, 0.15) is 24.8 Å². The third-order valence-corrected chi connectivity index (χ3v) is 6.79. The van der Waals surface area contributed by atoms with E-state index >= 15 is 0 Å². The van der Waals surface area contributed by atoms with Gasteiger partial charge in [0.15, 0.2) is 0 Å². The summed E-state index contributed by atoms with van der Waals surface area (Å²) in [7, 11) is -3.76. The van der Waals surface area contributed by atoms with E-state index in [0.29, 0.717) is 19.5 Å². The van der Waals surface area contributed by atoms with Crippen molar-refractivity contribution < 1.29 is 17.6 Å². The van der Waals surface area contributed by atoms with E-state index in [0.717, 1.165) is 11.6 Å². The van der Waals surface area contributed by atoms with E-state index in [1.165, 1.54) is 22.5 Å². The molecule has 0 radical (unpaired) electrons. The van der Waals surface area contributed by atoms with Gasteiger partial charge in [-0.3, -0.25) is 4.79 Å². The Morgan fingerprint density at radius 3 is 2.30 bits per heavy atom. The van der Waals surface area contributed by atoms with E-state index in [9.17, 15) is 17.6 Å². The highest BCUT2D eigenvalue weighted by Crippen LogP contribution is 2.24. The van der Waals surface area contributed by atoms with Crippen molar-refractivity contribution in [2.75, 3.05) is 26.2 Å². The molecule has 0 aliphatic carbocycles. The number of amides is 1. The second-order valence-corrected chi connectivity index (χ2v) is 8.50. The van der Waals surface area contributed by atoms with Crippen molar-refractivity contribution in [2.24, 2.45) is 0 Å². The smallest absolute Gasteiger partial charge is 0.243 e. The molecule has 2 aromatic rings. The van der Waals surface area contributed by atoms with Crippen molar-refractivity contribution in [1.29, 1.82) is 0 Å². The van der Waals surface area contributed by atoms with Crippen molar-refractivity contribution in [1.82, 2.24) is 9.21 Å². The van der Waals surface area contributed by atoms with Gasteiger partial charge in [0.2, 0.25) is 15.9 Å². The molecule has 2 aromatic carbocycles. The Balaban J connectivity index is 1.69. The van der Waals surface area contributed by atoms with Crippen LogP contribution in [0.15, 0.2) is 59.5 Å². The molecule has 27 heavy (non-hydrogen) atoms. The molecule has 1 saturated heterocycles. The maximum absolute atomic E-state index is 13.4. The molecule has 0 bridgehead atoms. The number of hydrogen-bond acceptors (Lipinski definition) is 3. The molecule has 0 aromatic heterocycles. The number of benzene rings is 2. The van der Waals surface area contributed by atoms with Crippen LogP contribution in [0.25, 0.3) is 0 Å². The Hall–Kier alpha value is -2.25. The van der Waals surface area contributed by atoms with Crippen LogP contribution in [0.5, 0.6) is 0 Å². The summed E-state index contributed by atoms with van der Waals surface area (Å²) in [4.78, 5) is 14.6. The lowest BCUT2D eigenvalue weighted by atomic mass is 9.95. The van der Waals surface area contributed by atoms with Gasteiger partial charge in [0.05, 0.1) is 10.8 Å². The van der Waals surface area contributed by atoms with Crippen LogP contribution < -0.4 is 0 Å². The zero-order chi connectivity index (χ0) is 19.4. The predicted octanol–water partition coefficient (Wildman–Crippen LogP) is 2.85. The summed E-state index contributed by atoms with van der Waals surface area (Å²) in [6.07, 6.45) is 0.685. The van der Waals surface area contributed by atoms with Gasteiger partial charge in [0, 0.05) is 26.2 Å². The minimum Gasteiger partial charge on any atom is -0.340 e. The summed E-state index contributed by atoms with van der Waals surface area (Å²) >= 11 is 0. The molecule has 1 heterocycles.